The molecule has 1 aliphatic rings. The van der Waals surface area contributed by atoms with Crippen LogP contribution in [0.1, 0.15) is 11.5 Å². The third kappa shape index (κ3) is 2.80. The third-order valence-electron chi connectivity index (χ3n) is 3.14. The summed E-state index contributed by atoms with van der Waals surface area (Å²) in [5.41, 5.74) is 0.695. The van der Waals surface area contributed by atoms with Gasteiger partial charge in [0.15, 0.2) is 4.32 Å². The van der Waals surface area contributed by atoms with Crippen LogP contribution >= 0.6 is 24.0 Å². The van der Waals surface area contributed by atoms with E-state index in [1.807, 2.05) is 37.3 Å². The zero-order valence-electron chi connectivity index (χ0n) is 12.0. The second-order valence-corrected chi connectivity index (χ2v) is 6.34. The van der Waals surface area contributed by atoms with E-state index in [0.717, 1.165) is 5.76 Å². The molecule has 2 heterocycles. The fraction of sp³-hybridized carbons (Fsp3) is 0.125. The molecule has 1 amide bonds. The Kier molecular flexibility index (Phi) is 4.04. The van der Waals surface area contributed by atoms with Gasteiger partial charge in [0.1, 0.15) is 17.3 Å². The van der Waals surface area contributed by atoms with Gasteiger partial charge in [-0.25, -0.2) is 0 Å². The van der Waals surface area contributed by atoms with E-state index in [0.29, 0.717) is 26.4 Å². The van der Waals surface area contributed by atoms with Crippen LogP contribution in [0, 0.1) is 6.92 Å². The number of furan rings is 1. The first-order chi connectivity index (χ1) is 10.6. The molecule has 0 radical (unpaired) electrons. The van der Waals surface area contributed by atoms with Crippen LogP contribution in [-0.4, -0.2) is 17.3 Å². The van der Waals surface area contributed by atoms with Gasteiger partial charge >= 0.3 is 0 Å². The monoisotopic (exact) mass is 331 g/mol. The molecule has 3 rings (SSSR count). The van der Waals surface area contributed by atoms with Crippen molar-refractivity contribution in [3.63, 3.8) is 0 Å². The smallest absolute Gasteiger partial charge is 0.270 e. The summed E-state index contributed by atoms with van der Waals surface area (Å²) in [4.78, 5) is 14.6. The molecule has 1 aromatic heterocycles. The number of amides is 1. The van der Waals surface area contributed by atoms with Gasteiger partial charge in [-0.2, -0.15) is 0 Å². The quantitative estimate of drug-likeness (QED) is 0.628. The molecule has 0 aliphatic carbocycles. The van der Waals surface area contributed by atoms with E-state index >= 15 is 0 Å². The Labute approximate surface area is 137 Å². The second kappa shape index (κ2) is 5.98. The first kappa shape index (κ1) is 14.9. The average molecular weight is 331 g/mol. The van der Waals surface area contributed by atoms with Crippen LogP contribution < -0.4 is 9.64 Å². The van der Waals surface area contributed by atoms with E-state index in [-0.39, 0.29) is 5.91 Å². The molecule has 6 heteroatoms. The van der Waals surface area contributed by atoms with E-state index in [1.54, 1.807) is 19.3 Å². The highest BCUT2D eigenvalue weighted by Gasteiger charge is 2.33. The van der Waals surface area contributed by atoms with Crippen molar-refractivity contribution in [2.75, 3.05) is 12.0 Å². The Morgan fingerprint density at radius 1 is 1.32 bits per heavy atom. The fourth-order valence-corrected chi connectivity index (χ4v) is 3.38. The van der Waals surface area contributed by atoms with Crippen LogP contribution in [-0.2, 0) is 4.79 Å². The van der Waals surface area contributed by atoms with Gasteiger partial charge in [0.05, 0.1) is 17.7 Å². The summed E-state index contributed by atoms with van der Waals surface area (Å²) in [6.07, 6.45) is 1.71. The number of thioether (sulfide) groups is 1. The van der Waals surface area contributed by atoms with E-state index in [2.05, 4.69) is 0 Å². The molecule has 4 nitrogen and oxygen atoms in total. The summed E-state index contributed by atoms with van der Waals surface area (Å²) in [5.74, 6) is 1.97. The lowest BCUT2D eigenvalue weighted by molar-refractivity contribution is -0.113. The maximum Gasteiger partial charge on any atom is 0.270 e. The lowest BCUT2D eigenvalue weighted by Crippen LogP contribution is -2.27. The minimum absolute atomic E-state index is 0.155. The number of hydrogen-bond acceptors (Lipinski definition) is 5. The van der Waals surface area contributed by atoms with Gasteiger partial charge in [0.2, 0.25) is 0 Å². The third-order valence-corrected chi connectivity index (χ3v) is 4.44. The number of methoxy groups -OCH3 is 1. The lowest BCUT2D eigenvalue weighted by Gasteiger charge is -2.15. The van der Waals surface area contributed by atoms with Gasteiger partial charge in [-0.05, 0) is 31.2 Å². The SMILES string of the molecule is COc1cccc(N2C(=O)/C(=C\c3ccc(C)o3)SC2=S)c1. The minimum Gasteiger partial charge on any atom is -0.497 e. The molecule has 0 atom stereocenters. The number of aryl methyl sites for hydroxylation is 1. The molecule has 112 valence electrons. The number of hydrogen-bond donors (Lipinski definition) is 0. The largest absolute Gasteiger partial charge is 0.497 e. The highest BCUT2D eigenvalue weighted by molar-refractivity contribution is 8.27. The highest BCUT2D eigenvalue weighted by Crippen LogP contribution is 2.37. The normalized spacial score (nSPS) is 16.6. The van der Waals surface area contributed by atoms with Crippen LogP contribution in [0.2, 0.25) is 0 Å². The molecule has 1 aromatic carbocycles. The van der Waals surface area contributed by atoms with Crippen molar-refractivity contribution < 1.29 is 13.9 Å². The van der Waals surface area contributed by atoms with Crippen molar-refractivity contribution in [2.45, 2.75) is 6.92 Å². The minimum atomic E-state index is -0.155. The zero-order chi connectivity index (χ0) is 15.7. The summed E-state index contributed by atoms with van der Waals surface area (Å²) in [5, 5.41) is 0. The Hall–Kier alpha value is -2.05. The highest BCUT2D eigenvalue weighted by atomic mass is 32.2. The van der Waals surface area contributed by atoms with Crippen molar-refractivity contribution in [3.05, 3.63) is 52.8 Å². The number of anilines is 1. The summed E-state index contributed by atoms with van der Waals surface area (Å²) in [6.45, 7) is 1.86. The maximum atomic E-state index is 12.6. The van der Waals surface area contributed by atoms with Gasteiger partial charge in [0.25, 0.3) is 5.91 Å². The van der Waals surface area contributed by atoms with Crippen molar-refractivity contribution in [1.82, 2.24) is 0 Å². The molecule has 1 fully saturated rings. The Bertz CT molecular complexity index is 779. The predicted molar refractivity (Wildman–Crippen MR) is 92.1 cm³/mol. The van der Waals surface area contributed by atoms with E-state index in [1.165, 1.54) is 16.7 Å². The van der Waals surface area contributed by atoms with Gasteiger partial charge in [0, 0.05) is 12.1 Å². The van der Waals surface area contributed by atoms with Crippen LogP contribution in [0.5, 0.6) is 5.75 Å². The van der Waals surface area contributed by atoms with Crippen LogP contribution in [0.25, 0.3) is 6.08 Å². The number of thiocarbonyl (C=S) groups is 1. The van der Waals surface area contributed by atoms with Gasteiger partial charge < -0.3 is 9.15 Å². The summed E-state index contributed by atoms with van der Waals surface area (Å²) in [6, 6.07) is 10.9. The topological polar surface area (TPSA) is 42.7 Å². The van der Waals surface area contributed by atoms with Gasteiger partial charge in [-0.1, -0.05) is 30.0 Å². The maximum absolute atomic E-state index is 12.6. The first-order valence-corrected chi connectivity index (χ1v) is 7.79. The number of carbonyl (C=O) groups excluding carboxylic acids is 1. The van der Waals surface area contributed by atoms with E-state index in [4.69, 9.17) is 21.4 Å². The fourth-order valence-electron chi connectivity index (χ4n) is 2.10. The number of rotatable bonds is 3. The van der Waals surface area contributed by atoms with Crippen molar-refractivity contribution >= 4 is 46.0 Å². The molecule has 0 spiro atoms. The van der Waals surface area contributed by atoms with Crippen molar-refractivity contribution in [1.29, 1.82) is 0 Å². The lowest BCUT2D eigenvalue weighted by atomic mass is 10.2. The van der Waals surface area contributed by atoms with E-state index < -0.39 is 0 Å². The molecule has 0 bridgehead atoms. The Balaban J connectivity index is 1.92. The van der Waals surface area contributed by atoms with Crippen LogP contribution in [0.3, 0.4) is 0 Å². The molecule has 0 N–H and O–H groups in total. The predicted octanol–water partition coefficient (Wildman–Crippen LogP) is 4.00. The summed E-state index contributed by atoms with van der Waals surface area (Å²) in [7, 11) is 1.59. The van der Waals surface area contributed by atoms with Gasteiger partial charge in [-0.3, -0.25) is 9.69 Å². The average Bonchev–Trinajstić information content (AvgIpc) is 3.03. The second-order valence-electron chi connectivity index (χ2n) is 4.67. The first-order valence-electron chi connectivity index (χ1n) is 6.57. The van der Waals surface area contributed by atoms with Crippen molar-refractivity contribution in [2.24, 2.45) is 0 Å². The number of ether oxygens (including phenoxy) is 1. The molecule has 0 saturated carbocycles. The molecular formula is C16H13NO3S2. The zero-order valence-corrected chi connectivity index (χ0v) is 13.7. The molecule has 1 aliphatic heterocycles. The Morgan fingerprint density at radius 2 is 2.14 bits per heavy atom. The standard InChI is InChI=1S/C16H13NO3S2/c1-10-6-7-13(20-10)9-14-15(18)17(16(21)22-14)11-4-3-5-12(8-11)19-2/h3-9H,1-2H3/b14-9+. The molecule has 22 heavy (non-hydrogen) atoms. The van der Waals surface area contributed by atoms with Crippen LogP contribution in [0.4, 0.5) is 5.69 Å². The number of nitrogens with zero attached hydrogens (tertiary/aromatic N) is 1. The van der Waals surface area contributed by atoms with E-state index in [9.17, 15) is 4.79 Å². The van der Waals surface area contributed by atoms with Gasteiger partial charge in [-0.15, -0.1) is 0 Å². The molecule has 1 saturated heterocycles. The molecule has 2 aromatic rings. The summed E-state index contributed by atoms with van der Waals surface area (Å²) < 4.78 is 11.2. The van der Waals surface area contributed by atoms with Crippen LogP contribution in [0.15, 0.2) is 45.7 Å². The number of carbonyl (C=O) groups is 1. The summed E-state index contributed by atoms with van der Waals surface area (Å²) >= 11 is 6.60. The molecular weight excluding hydrogens is 318 g/mol. The number of benzene rings is 1. The Morgan fingerprint density at radius 3 is 2.82 bits per heavy atom. The molecule has 0 unspecified atom stereocenters. The van der Waals surface area contributed by atoms with Crippen molar-refractivity contribution in [3.8, 4) is 5.75 Å².